The minimum atomic E-state index is -0.693. The lowest BCUT2D eigenvalue weighted by Crippen LogP contribution is -2.39. The Hall–Kier alpha value is -3.44. The van der Waals surface area contributed by atoms with Crippen LogP contribution in [0, 0.1) is 0 Å². The average Bonchev–Trinajstić information content (AvgIpc) is 3.61. The van der Waals surface area contributed by atoms with Crippen molar-refractivity contribution in [3.05, 3.63) is 108 Å². The number of para-hydroxylation sites is 1. The number of furan rings is 1. The van der Waals surface area contributed by atoms with Gasteiger partial charge in [0.1, 0.15) is 5.76 Å². The van der Waals surface area contributed by atoms with Gasteiger partial charge in [0.2, 0.25) is 0 Å². The number of benzene rings is 2. The summed E-state index contributed by atoms with van der Waals surface area (Å²) in [6.07, 6.45) is 1.70. The number of esters is 1. The van der Waals surface area contributed by atoms with E-state index in [0.717, 1.165) is 20.1 Å². The van der Waals surface area contributed by atoms with Crippen molar-refractivity contribution in [2.75, 3.05) is 6.61 Å². The number of carbonyl (C=O) groups is 1. The molecule has 0 N–H and O–H groups in total. The molecule has 5 aromatic rings. The molecular formula is C28H20ClN3O4S3. The van der Waals surface area contributed by atoms with Gasteiger partial charge < -0.3 is 9.15 Å². The summed E-state index contributed by atoms with van der Waals surface area (Å²) in [6.45, 7) is 3.71. The highest BCUT2D eigenvalue weighted by Gasteiger charge is 2.33. The lowest BCUT2D eigenvalue weighted by molar-refractivity contribution is -0.139. The first kappa shape index (κ1) is 25.8. The Morgan fingerprint density at radius 3 is 2.72 bits per heavy atom. The molecule has 0 bridgehead atoms. The molecular weight excluding hydrogens is 574 g/mol. The largest absolute Gasteiger partial charge is 0.463 e. The van der Waals surface area contributed by atoms with E-state index < -0.39 is 12.0 Å². The highest BCUT2D eigenvalue weighted by atomic mass is 35.5. The smallest absolute Gasteiger partial charge is 0.338 e. The third-order valence-electron chi connectivity index (χ3n) is 6.04. The molecule has 0 saturated carbocycles. The molecule has 0 radical (unpaired) electrons. The molecule has 4 heterocycles. The van der Waals surface area contributed by atoms with E-state index in [1.54, 1.807) is 60.1 Å². The van der Waals surface area contributed by atoms with Crippen LogP contribution in [0.3, 0.4) is 0 Å². The maximum atomic E-state index is 13.7. The van der Waals surface area contributed by atoms with Crippen LogP contribution in [0.5, 0.6) is 0 Å². The molecule has 0 fully saturated rings. The zero-order valence-corrected chi connectivity index (χ0v) is 23.9. The van der Waals surface area contributed by atoms with Crippen LogP contribution in [0.15, 0.2) is 95.6 Å². The maximum absolute atomic E-state index is 13.7. The van der Waals surface area contributed by atoms with Gasteiger partial charge in [-0.05, 0) is 67.6 Å². The van der Waals surface area contributed by atoms with Gasteiger partial charge in [-0.25, -0.2) is 14.8 Å². The number of ether oxygens (including phenoxy) is 1. The number of nitrogens with zero attached hydrogens (tertiary/aromatic N) is 3. The van der Waals surface area contributed by atoms with E-state index >= 15 is 0 Å². The minimum Gasteiger partial charge on any atom is -0.463 e. The summed E-state index contributed by atoms with van der Waals surface area (Å²) >= 11 is 10.4. The fraction of sp³-hybridized carbons (Fsp3) is 0.143. The van der Waals surface area contributed by atoms with Crippen LogP contribution in [0.25, 0.3) is 16.3 Å². The third kappa shape index (κ3) is 5.00. The van der Waals surface area contributed by atoms with E-state index in [0.29, 0.717) is 36.5 Å². The Bertz CT molecular complexity index is 1900. The normalized spacial score (nSPS) is 15.5. The van der Waals surface area contributed by atoms with Crippen LogP contribution in [0.1, 0.15) is 31.2 Å². The van der Waals surface area contributed by atoms with Crippen molar-refractivity contribution >= 4 is 68.3 Å². The van der Waals surface area contributed by atoms with Crippen molar-refractivity contribution in [3.8, 4) is 0 Å². The van der Waals surface area contributed by atoms with Crippen LogP contribution < -0.4 is 14.9 Å². The second-order valence-corrected chi connectivity index (χ2v) is 12.3. The number of fused-ring (bicyclic) bond motifs is 2. The molecule has 0 spiro atoms. The minimum absolute atomic E-state index is 0.212. The quantitative estimate of drug-likeness (QED) is 0.231. The van der Waals surface area contributed by atoms with Crippen LogP contribution in [-0.2, 0) is 9.53 Å². The van der Waals surface area contributed by atoms with Crippen LogP contribution in [-0.4, -0.2) is 22.1 Å². The molecule has 0 amide bonds. The van der Waals surface area contributed by atoms with Gasteiger partial charge in [-0.1, -0.05) is 47.2 Å². The van der Waals surface area contributed by atoms with E-state index in [-0.39, 0.29) is 12.2 Å². The predicted octanol–water partition coefficient (Wildman–Crippen LogP) is 5.81. The first-order valence-electron chi connectivity index (χ1n) is 12.0. The number of hydrogen-bond donors (Lipinski definition) is 0. The fourth-order valence-corrected chi connectivity index (χ4v) is 7.45. The van der Waals surface area contributed by atoms with Gasteiger partial charge in [-0.2, -0.15) is 0 Å². The number of thiazole rings is 2. The van der Waals surface area contributed by atoms with Gasteiger partial charge in [0, 0.05) is 11.1 Å². The van der Waals surface area contributed by atoms with Crippen molar-refractivity contribution in [3.63, 3.8) is 0 Å². The number of carbonyl (C=O) groups excluding carboxylic acids is 1. The summed E-state index contributed by atoms with van der Waals surface area (Å²) in [5.41, 5.74) is 2.24. The molecule has 1 atom stereocenters. The lowest BCUT2D eigenvalue weighted by atomic mass is 9.96. The molecule has 0 unspecified atom stereocenters. The lowest BCUT2D eigenvalue weighted by Gasteiger charge is -2.24. The fourth-order valence-electron chi connectivity index (χ4n) is 4.33. The highest BCUT2D eigenvalue weighted by molar-refractivity contribution is 8.01. The van der Waals surface area contributed by atoms with Crippen molar-refractivity contribution in [2.45, 2.75) is 29.3 Å². The van der Waals surface area contributed by atoms with Gasteiger partial charge in [-0.3, -0.25) is 9.36 Å². The van der Waals surface area contributed by atoms with Crippen molar-refractivity contribution in [2.24, 2.45) is 4.99 Å². The number of halogens is 1. The monoisotopic (exact) mass is 593 g/mol. The molecule has 196 valence electrons. The molecule has 3 aromatic heterocycles. The Labute approximate surface area is 239 Å². The van der Waals surface area contributed by atoms with Crippen LogP contribution >= 0.6 is 46.0 Å². The molecule has 1 aliphatic rings. The second kappa shape index (κ2) is 10.6. The van der Waals surface area contributed by atoms with E-state index in [9.17, 15) is 9.59 Å². The summed E-state index contributed by atoms with van der Waals surface area (Å²) < 4.78 is 15.3. The van der Waals surface area contributed by atoms with Gasteiger partial charge in [0.25, 0.3) is 5.56 Å². The van der Waals surface area contributed by atoms with Crippen LogP contribution in [0.2, 0.25) is 5.02 Å². The summed E-state index contributed by atoms with van der Waals surface area (Å²) in [4.78, 5) is 36.4. The van der Waals surface area contributed by atoms with Crippen molar-refractivity contribution in [1.29, 1.82) is 0 Å². The standard InChI is InChI=1S/C28H20ClN3O4S3/c1-3-35-26(34)23-15(2)30-27-32(24(23)16-8-10-17(29)11-9-16)25(33)21(37-27)14-18-12-13-22(36-18)39-28-31-19-6-4-5-7-20(19)38-28/h4-14,24H,3H2,1-2H3/b21-14-/t24-/m1/s1. The maximum Gasteiger partial charge on any atom is 0.338 e. The summed E-state index contributed by atoms with van der Waals surface area (Å²) in [5.74, 6) is 0.0313. The molecule has 2 aromatic carbocycles. The highest BCUT2D eigenvalue weighted by Crippen LogP contribution is 2.35. The van der Waals surface area contributed by atoms with Crippen molar-refractivity contribution < 1.29 is 13.9 Å². The molecule has 0 aliphatic carbocycles. The van der Waals surface area contributed by atoms with E-state index in [1.165, 1.54) is 23.1 Å². The summed E-state index contributed by atoms with van der Waals surface area (Å²) in [5, 5.41) is 1.23. The Balaban J connectivity index is 1.39. The molecule has 11 heteroatoms. The van der Waals surface area contributed by atoms with E-state index in [4.69, 9.17) is 20.8 Å². The van der Waals surface area contributed by atoms with Gasteiger partial charge in [0.15, 0.2) is 14.2 Å². The van der Waals surface area contributed by atoms with Gasteiger partial charge in [0.05, 0.1) is 38.7 Å². The first-order valence-corrected chi connectivity index (χ1v) is 14.8. The van der Waals surface area contributed by atoms with Crippen LogP contribution in [0.4, 0.5) is 0 Å². The summed E-state index contributed by atoms with van der Waals surface area (Å²) in [7, 11) is 0. The second-order valence-electron chi connectivity index (χ2n) is 8.56. The predicted molar refractivity (Wildman–Crippen MR) is 154 cm³/mol. The molecule has 7 nitrogen and oxygen atoms in total. The molecule has 0 saturated heterocycles. The molecule has 6 rings (SSSR count). The number of aromatic nitrogens is 2. The van der Waals surface area contributed by atoms with Gasteiger partial charge >= 0.3 is 5.97 Å². The zero-order chi connectivity index (χ0) is 27.1. The topological polar surface area (TPSA) is 86.7 Å². The average molecular weight is 594 g/mol. The van der Waals surface area contributed by atoms with E-state index in [2.05, 4.69) is 9.98 Å². The SMILES string of the molecule is CCOC(=O)C1=C(C)N=c2s/c(=C\c3ccc(Sc4nc5ccccc5s4)o3)c(=O)n2[C@@H]1c1ccc(Cl)cc1. The number of allylic oxidation sites excluding steroid dienone is 1. The Kier molecular flexibility index (Phi) is 7.03. The molecule has 39 heavy (non-hydrogen) atoms. The van der Waals surface area contributed by atoms with Gasteiger partial charge in [-0.15, -0.1) is 11.3 Å². The van der Waals surface area contributed by atoms with Crippen molar-refractivity contribution in [1.82, 2.24) is 9.55 Å². The third-order valence-corrected chi connectivity index (χ3v) is 9.29. The first-order chi connectivity index (χ1) is 18.9. The zero-order valence-electron chi connectivity index (χ0n) is 20.7. The Morgan fingerprint density at radius 2 is 1.95 bits per heavy atom. The molecule has 1 aliphatic heterocycles. The summed E-state index contributed by atoms with van der Waals surface area (Å²) in [6, 6.07) is 18.0. The number of hydrogen-bond acceptors (Lipinski definition) is 9. The number of rotatable bonds is 6. The Morgan fingerprint density at radius 1 is 1.15 bits per heavy atom. The van der Waals surface area contributed by atoms with E-state index in [1.807, 2.05) is 36.4 Å².